The Morgan fingerprint density at radius 1 is 1.43 bits per heavy atom. The summed E-state index contributed by atoms with van der Waals surface area (Å²) in [5, 5.41) is 3.14. The lowest BCUT2D eigenvalue weighted by Crippen LogP contribution is -2.50. The van der Waals surface area contributed by atoms with Gasteiger partial charge in [-0.3, -0.25) is 4.79 Å². The van der Waals surface area contributed by atoms with Gasteiger partial charge >= 0.3 is 0 Å². The van der Waals surface area contributed by atoms with Gasteiger partial charge in [-0.15, -0.1) is 0 Å². The minimum Gasteiger partial charge on any atom is -0.361 e. The van der Waals surface area contributed by atoms with Crippen LogP contribution in [0.25, 0.3) is 0 Å². The van der Waals surface area contributed by atoms with E-state index in [1.807, 2.05) is 31.2 Å². The molecule has 0 aliphatic carbocycles. The van der Waals surface area contributed by atoms with Gasteiger partial charge in [0.05, 0.1) is 11.4 Å². The van der Waals surface area contributed by atoms with Crippen molar-refractivity contribution in [1.82, 2.24) is 0 Å². The number of carbonyl (C=O) groups is 1. The Hall–Kier alpha value is -1.03. The molecule has 1 aliphatic rings. The molecule has 1 aliphatic heterocycles. The van der Waals surface area contributed by atoms with Gasteiger partial charge in [-0.1, -0.05) is 28.1 Å². The monoisotopic (exact) mass is 254 g/mol. The molecule has 0 saturated heterocycles. The molecule has 1 amide bonds. The first-order valence-electron chi connectivity index (χ1n) is 4.36. The zero-order valence-electron chi connectivity index (χ0n) is 8.04. The molecule has 0 bridgehead atoms. The molecule has 1 N–H and O–H groups in total. The molecular formula is C10H11BrN2O. The molecule has 4 heteroatoms. The van der Waals surface area contributed by atoms with Gasteiger partial charge in [-0.05, 0) is 19.1 Å². The quantitative estimate of drug-likeness (QED) is 0.569. The first-order chi connectivity index (χ1) is 6.52. The van der Waals surface area contributed by atoms with Gasteiger partial charge in [0.15, 0.2) is 4.45 Å². The normalized spacial score (nSPS) is 25.6. The highest BCUT2D eigenvalue weighted by Crippen LogP contribution is 2.36. The van der Waals surface area contributed by atoms with Gasteiger partial charge in [0.1, 0.15) is 0 Å². The molecule has 1 heterocycles. The van der Waals surface area contributed by atoms with E-state index >= 15 is 0 Å². The number of carbonyl (C=O) groups excluding carboxylic acids is 1. The fourth-order valence-electron chi connectivity index (χ4n) is 1.60. The Morgan fingerprint density at radius 3 is 2.79 bits per heavy atom. The molecule has 1 aromatic rings. The molecule has 0 spiro atoms. The van der Waals surface area contributed by atoms with E-state index in [-0.39, 0.29) is 5.91 Å². The van der Waals surface area contributed by atoms with Gasteiger partial charge in [0, 0.05) is 7.05 Å². The number of hydrogen-bond acceptors (Lipinski definition) is 2. The van der Waals surface area contributed by atoms with Crippen molar-refractivity contribution in [3.05, 3.63) is 24.3 Å². The summed E-state index contributed by atoms with van der Waals surface area (Å²) in [5.41, 5.74) is 1.88. The maximum atomic E-state index is 11.8. The van der Waals surface area contributed by atoms with E-state index in [1.165, 1.54) is 0 Å². The molecule has 1 unspecified atom stereocenters. The Labute approximate surface area is 91.2 Å². The van der Waals surface area contributed by atoms with Gasteiger partial charge in [-0.2, -0.15) is 0 Å². The fraction of sp³-hybridized carbons (Fsp3) is 0.300. The number of rotatable bonds is 0. The smallest absolute Gasteiger partial charge is 0.263 e. The lowest BCUT2D eigenvalue weighted by atomic mass is 10.1. The van der Waals surface area contributed by atoms with E-state index < -0.39 is 4.45 Å². The van der Waals surface area contributed by atoms with Gasteiger partial charge < -0.3 is 10.2 Å². The van der Waals surface area contributed by atoms with Crippen LogP contribution in [0.4, 0.5) is 11.4 Å². The summed E-state index contributed by atoms with van der Waals surface area (Å²) in [4.78, 5) is 13.5. The van der Waals surface area contributed by atoms with Crippen LogP contribution < -0.4 is 10.2 Å². The molecule has 1 atom stereocenters. The first kappa shape index (κ1) is 9.52. The molecule has 0 radical (unpaired) electrons. The molecule has 14 heavy (non-hydrogen) atoms. The number of para-hydroxylation sites is 2. The minimum atomic E-state index is -0.698. The highest BCUT2D eigenvalue weighted by Gasteiger charge is 2.38. The molecular weight excluding hydrogens is 244 g/mol. The number of benzene rings is 1. The van der Waals surface area contributed by atoms with Crippen molar-refractivity contribution in [3.8, 4) is 0 Å². The van der Waals surface area contributed by atoms with Gasteiger partial charge in [0.25, 0.3) is 5.91 Å². The van der Waals surface area contributed by atoms with Crippen LogP contribution in [-0.4, -0.2) is 17.4 Å². The summed E-state index contributed by atoms with van der Waals surface area (Å²) < 4.78 is -0.698. The topological polar surface area (TPSA) is 32.3 Å². The number of nitrogens with zero attached hydrogens (tertiary/aromatic N) is 1. The average molecular weight is 255 g/mol. The van der Waals surface area contributed by atoms with Gasteiger partial charge in [-0.25, -0.2) is 0 Å². The third kappa shape index (κ3) is 1.30. The van der Waals surface area contributed by atoms with Crippen LogP contribution in [0.1, 0.15) is 6.92 Å². The Balaban J connectivity index is 2.53. The molecule has 74 valence electrons. The second-order valence-corrected chi connectivity index (χ2v) is 5.10. The molecule has 3 nitrogen and oxygen atoms in total. The molecule has 1 aromatic carbocycles. The molecule has 0 saturated carbocycles. The first-order valence-corrected chi connectivity index (χ1v) is 5.16. The predicted octanol–water partition coefficient (Wildman–Crippen LogP) is 2.19. The van der Waals surface area contributed by atoms with E-state index in [0.29, 0.717) is 0 Å². The van der Waals surface area contributed by atoms with Crippen LogP contribution in [0, 0.1) is 0 Å². The van der Waals surface area contributed by atoms with Crippen molar-refractivity contribution in [3.63, 3.8) is 0 Å². The van der Waals surface area contributed by atoms with E-state index in [4.69, 9.17) is 0 Å². The number of likely N-dealkylation sites (N-methyl/N-ethyl adjacent to an activating group) is 1. The van der Waals surface area contributed by atoms with E-state index in [1.54, 1.807) is 11.9 Å². The number of hydrogen-bond donors (Lipinski definition) is 1. The standard InChI is InChI=1S/C10H11BrN2O/c1-10(11)9(14)13(2)8-6-4-3-5-7(8)12-10/h3-6,12H,1-2H3. The lowest BCUT2D eigenvalue weighted by Gasteiger charge is -2.36. The van der Waals surface area contributed by atoms with Crippen molar-refractivity contribution in [2.24, 2.45) is 0 Å². The highest BCUT2D eigenvalue weighted by atomic mass is 79.9. The molecule has 0 fully saturated rings. The third-order valence-electron chi connectivity index (χ3n) is 2.34. The van der Waals surface area contributed by atoms with E-state index in [2.05, 4.69) is 21.2 Å². The largest absolute Gasteiger partial charge is 0.361 e. The molecule has 0 aromatic heterocycles. The highest BCUT2D eigenvalue weighted by molar-refractivity contribution is 9.10. The summed E-state index contributed by atoms with van der Waals surface area (Å²) in [6, 6.07) is 7.74. The van der Waals surface area contributed by atoms with Crippen LogP contribution in [0.2, 0.25) is 0 Å². The zero-order valence-corrected chi connectivity index (χ0v) is 9.63. The third-order valence-corrected chi connectivity index (χ3v) is 2.88. The number of amides is 1. The second-order valence-electron chi connectivity index (χ2n) is 3.51. The fourth-order valence-corrected chi connectivity index (χ4v) is 2.08. The summed E-state index contributed by atoms with van der Waals surface area (Å²) in [5.74, 6) is 0.0104. The predicted molar refractivity (Wildman–Crippen MR) is 60.8 cm³/mol. The lowest BCUT2D eigenvalue weighted by molar-refractivity contribution is -0.119. The summed E-state index contributed by atoms with van der Waals surface area (Å²) >= 11 is 3.37. The van der Waals surface area contributed by atoms with E-state index in [9.17, 15) is 4.79 Å². The van der Waals surface area contributed by atoms with Crippen molar-refractivity contribution in [2.45, 2.75) is 11.4 Å². The number of alkyl halides is 1. The van der Waals surface area contributed by atoms with E-state index in [0.717, 1.165) is 11.4 Å². The number of halogens is 1. The number of anilines is 2. The summed E-state index contributed by atoms with van der Waals surface area (Å²) in [7, 11) is 1.78. The zero-order chi connectivity index (χ0) is 10.3. The average Bonchev–Trinajstić information content (AvgIpc) is 2.14. The van der Waals surface area contributed by atoms with Crippen molar-refractivity contribution < 1.29 is 4.79 Å². The van der Waals surface area contributed by atoms with Crippen molar-refractivity contribution in [1.29, 1.82) is 0 Å². The number of fused-ring (bicyclic) bond motifs is 1. The summed E-state index contributed by atoms with van der Waals surface area (Å²) in [6.07, 6.45) is 0. The van der Waals surface area contributed by atoms with Crippen LogP contribution in [0.15, 0.2) is 24.3 Å². The van der Waals surface area contributed by atoms with Crippen LogP contribution in [0.3, 0.4) is 0 Å². The number of nitrogens with one attached hydrogen (secondary N) is 1. The van der Waals surface area contributed by atoms with Crippen LogP contribution >= 0.6 is 15.9 Å². The van der Waals surface area contributed by atoms with Crippen LogP contribution in [0.5, 0.6) is 0 Å². The van der Waals surface area contributed by atoms with Crippen LogP contribution in [-0.2, 0) is 4.79 Å². The minimum absolute atomic E-state index is 0.0104. The van der Waals surface area contributed by atoms with Crippen molar-refractivity contribution >= 4 is 33.2 Å². The Morgan fingerprint density at radius 2 is 2.07 bits per heavy atom. The SMILES string of the molecule is CN1C(=O)C(C)(Br)Nc2ccccc21. The second kappa shape index (κ2) is 2.98. The molecule has 2 rings (SSSR count). The summed E-state index contributed by atoms with van der Waals surface area (Å²) in [6.45, 7) is 1.81. The van der Waals surface area contributed by atoms with Gasteiger partial charge in [0.2, 0.25) is 0 Å². The van der Waals surface area contributed by atoms with Crippen molar-refractivity contribution in [2.75, 3.05) is 17.3 Å². The maximum absolute atomic E-state index is 11.8. The Bertz CT molecular complexity index is 389. The Kier molecular flexibility index (Phi) is 2.03. The maximum Gasteiger partial charge on any atom is 0.263 e.